The number of esters is 1. The van der Waals surface area contributed by atoms with E-state index in [9.17, 15) is 24.6 Å². The molecule has 8 heteroatoms. The van der Waals surface area contributed by atoms with Crippen molar-refractivity contribution in [2.24, 2.45) is 17.0 Å². The van der Waals surface area contributed by atoms with E-state index in [1.807, 2.05) is 12.2 Å². The zero-order chi connectivity index (χ0) is 22.6. The molecule has 1 aliphatic rings. The number of unbranched alkanes of at least 4 members (excludes halogenated alkanes) is 1. The number of rotatable bonds is 11. The Bertz CT molecular complexity index is 798. The van der Waals surface area contributed by atoms with E-state index in [-0.39, 0.29) is 35.8 Å². The van der Waals surface area contributed by atoms with E-state index < -0.39 is 12.2 Å². The predicted molar refractivity (Wildman–Crippen MR) is 119 cm³/mol. The Morgan fingerprint density at radius 3 is 2.87 bits per heavy atom. The molecule has 1 saturated carbocycles. The molecule has 2 rings (SSSR count). The zero-order valence-corrected chi connectivity index (χ0v) is 18.4. The molecule has 0 saturated heterocycles. The van der Waals surface area contributed by atoms with Crippen molar-refractivity contribution in [3.05, 3.63) is 54.4 Å². The van der Waals surface area contributed by atoms with Crippen LogP contribution in [0.5, 0.6) is 0 Å². The Kier molecular flexibility index (Phi) is 10.8. The van der Waals surface area contributed by atoms with Gasteiger partial charge < -0.3 is 20.2 Å². The van der Waals surface area contributed by atoms with Gasteiger partial charge in [-0.05, 0) is 31.4 Å². The number of hydrogen-bond acceptors (Lipinski definition) is 7. The molecule has 1 aromatic rings. The van der Waals surface area contributed by atoms with Crippen molar-refractivity contribution in [3.63, 3.8) is 0 Å². The maximum atomic E-state index is 13.7. The molecule has 0 unspecified atom stereocenters. The lowest BCUT2D eigenvalue weighted by Gasteiger charge is -2.18. The minimum atomic E-state index is -0.809. The van der Waals surface area contributed by atoms with Gasteiger partial charge in [0.2, 0.25) is 0 Å². The Balaban J connectivity index is 1.89. The summed E-state index contributed by atoms with van der Waals surface area (Å²) in [6.45, 7) is 0. The first kappa shape index (κ1) is 25.1. The fourth-order valence-electron chi connectivity index (χ4n) is 3.53. The minimum Gasteiger partial charge on any atom is -0.469 e. The fraction of sp³-hybridized carbons (Fsp3) is 0.478. The van der Waals surface area contributed by atoms with E-state index in [4.69, 9.17) is 0 Å². The van der Waals surface area contributed by atoms with Crippen molar-refractivity contribution in [2.45, 2.75) is 49.2 Å². The molecule has 6 nitrogen and oxygen atoms in total. The number of aliphatic hydroxyl groups excluding tert-OH is 2. The van der Waals surface area contributed by atoms with Gasteiger partial charge in [-0.2, -0.15) is 0 Å². The highest BCUT2D eigenvalue weighted by atomic mass is 32.2. The molecule has 0 heterocycles. The van der Waals surface area contributed by atoms with E-state index in [1.165, 1.54) is 24.9 Å². The summed E-state index contributed by atoms with van der Waals surface area (Å²) in [5.74, 6) is -0.752. The largest absolute Gasteiger partial charge is 0.469 e. The molecule has 0 aromatic heterocycles. The number of methoxy groups -OCH3 is 1. The van der Waals surface area contributed by atoms with E-state index in [1.54, 1.807) is 30.4 Å². The van der Waals surface area contributed by atoms with Crippen LogP contribution in [0.4, 0.5) is 4.39 Å². The van der Waals surface area contributed by atoms with Crippen LogP contribution in [0, 0.1) is 17.7 Å². The second-order valence-electron chi connectivity index (χ2n) is 7.42. The summed E-state index contributed by atoms with van der Waals surface area (Å²) >= 11 is 1.22. The van der Waals surface area contributed by atoms with Crippen LogP contribution in [0.25, 0.3) is 0 Å². The molecule has 0 aliphatic heterocycles. The smallest absolute Gasteiger partial charge is 0.305 e. The Morgan fingerprint density at radius 2 is 2.16 bits per heavy atom. The number of carbonyl (C=O) groups excluding carboxylic acids is 1. The van der Waals surface area contributed by atoms with Crippen molar-refractivity contribution < 1.29 is 29.3 Å². The van der Waals surface area contributed by atoms with Crippen molar-refractivity contribution in [1.29, 1.82) is 0 Å². The van der Waals surface area contributed by atoms with Crippen LogP contribution in [0.15, 0.2) is 58.6 Å². The fourth-order valence-corrected chi connectivity index (χ4v) is 4.37. The van der Waals surface area contributed by atoms with Crippen LogP contribution >= 0.6 is 11.8 Å². The van der Waals surface area contributed by atoms with Crippen molar-refractivity contribution in [1.82, 2.24) is 0 Å². The number of carbonyl (C=O) groups is 1. The summed E-state index contributed by atoms with van der Waals surface area (Å²) in [7, 11) is 1.36. The molecular weight excluding hydrogens is 421 g/mol. The molecular formula is C23H30FNO5S. The third kappa shape index (κ3) is 8.12. The first-order chi connectivity index (χ1) is 15.0. The lowest BCUT2D eigenvalue weighted by molar-refractivity contribution is -0.140. The maximum Gasteiger partial charge on any atom is 0.305 e. The number of thioether (sulfide) groups is 1. The van der Waals surface area contributed by atoms with Crippen LogP contribution in [0.2, 0.25) is 0 Å². The zero-order valence-electron chi connectivity index (χ0n) is 17.6. The highest BCUT2D eigenvalue weighted by Crippen LogP contribution is 2.34. The summed E-state index contributed by atoms with van der Waals surface area (Å²) in [5, 5.41) is 33.3. The number of allylic oxidation sites excluding steroid dienone is 3. The predicted octanol–water partition coefficient (Wildman–Crippen LogP) is 3.95. The second-order valence-corrected chi connectivity index (χ2v) is 8.48. The van der Waals surface area contributed by atoms with Crippen molar-refractivity contribution in [2.75, 3.05) is 12.9 Å². The lowest BCUT2D eigenvalue weighted by atomic mass is 9.90. The normalized spacial score (nSPS) is 23.7. The molecule has 170 valence electrons. The quantitative estimate of drug-likeness (QED) is 0.118. The van der Waals surface area contributed by atoms with Crippen molar-refractivity contribution in [3.8, 4) is 0 Å². The average molecular weight is 452 g/mol. The number of ether oxygens (including phenoxy) is 1. The van der Waals surface area contributed by atoms with Crippen LogP contribution < -0.4 is 0 Å². The third-order valence-electron chi connectivity index (χ3n) is 5.23. The number of oxime groups is 1. The first-order valence-corrected chi connectivity index (χ1v) is 11.3. The molecule has 0 radical (unpaired) electrons. The molecule has 31 heavy (non-hydrogen) atoms. The summed E-state index contributed by atoms with van der Waals surface area (Å²) in [6.07, 6.45) is 8.45. The van der Waals surface area contributed by atoms with E-state index >= 15 is 0 Å². The van der Waals surface area contributed by atoms with Gasteiger partial charge in [0.15, 0.2) is 0 Å². The number of hydrogen-bond donors (Lipinski definition) is 3. The number of halogens is 1. The second kappa shape index (κ2) is 13.3. The van der Waals surface area contributed by atoms with Crippen LogP contribution in [-0.2, 0) is 9.53 Å². The summed E-state index contributed by atoms with van der Waals surface area (Å²) in [6, 6.07) is 6.39. The number of aliphatic hydroxyl groups is 2. The standard InChI is InChI=1S/C23H30FNO5S/c1-30-23(28)11-5-3-2-4-8-18-17(20(25-29)14-21(18)27)13-12-16(26)15-31-22-10-7-6-9-19(22)24/h2,4,6-7,9-10,12-13,16-18,21,26-27,29H,3,5,8,11,14-15H2,1H3/b4-2+,13-12+,25-20-/t16-,17-,18-,21+/m1/s1. The lowest BCUT2D eigenvalue weighted by Crippen LogP contribution is -2.19. The minimum absolute atomic E-state index is 0.176. The third-order valence-corrected chi connectivity index (χ3v) is 6.38. The summed E-state index contributed by atoms with van der Waals surface area (Å²) in [5.41, 5.74) is 0.474. The average Bonchev–Trinajstić information content (AvgIpc) is 3.08. The van der Waals surface area contributed by atoms with Gasteiger partial charge in [0.05, 0.1) is 25.0 Å². The molecule has 4 atom stereocenters. The molecule has 3 N–H and O–H groups in total. The monoisotopic (exact) mass is 451 g/mol. The van der Waals surface area contributed by atoms with Gasteiger partial charge >= 0.3 is 5.97 Å². The van der Waals surface area contributed by atoms with E-state index in [2.05, 4.69) is 9.89 Å². The van der Waals surface area contributed by atoms with Gasteiger partial charge in [-0.25, -0.2) is 4.39 Å². The van der Waals surface area contributed by atoms with Gasteiger partial charge in [-0.15, -0.1) is 11.8 Å². The maximum absolute atomic E-state index is 13.7. The molecule has 0 bridgehead atoms. The van der Waals surface area contributed by atoms with Gasteiger partial charge in [-0.1, -0.05) is 41.6 Å². The Morgan fingerprint density at radius 1 is 1.39 bits per heavy atom. The molecule has 1 fully saturated rings. The SMILES string of the molecule is COC(=O)CCC/C=C/C[C@H]1[C@@H](O)C/C(=N/O)[C@@H]1/C=C/[C@@H](O)CSc1ccccc1F. The first-order valence-electron chi connectivity index (χ1n) is 10.3. The van der Waals surface area contributed by atoms with Gasteiger partial charge in [0.1, 0.15) is 5.82 Å². The highest BCUT2D eigenvalue weighted by Gasteiger charge is 2.38. The number of benzene rings is 1. The molecule has 0 spiro atoms. The number of nitrogens with zero attached hydrogens (tertiary/aromatic N) is 1. The van der Waals surface area contributed by atoms with Crippen LogP contribution in [-0.4, -0.2) is 52.2 Å². The highest BCUT2D eigenvalue weighted by molar-refractivity contribution is 7.99. The van der Waals surface area contributed by atoms with Gasteiger partial charge in [0, 0.05) is 35.3 Å². The summed E-state index contributed by atoms with van der Waals surface area (Å²) < 4.78 is 18.3. The molecule has 0 amide bonds. The molecule has 1 aromatic carbocycles. The molecule has 1 aliphatic carbocycles. The van der Waals surface area contributed by atoms with Crippen LogP contribution in [0.3, 0.4) is 0 Å². The Labute approximate surface area is 186 Å². The topological polar surface area (TPSA) is 99.4 Å². The van der Waals surface area contributed by atoms with E-state index in [0.717, 1.165) is 6.42 Å². The van der Waals surface area contributed by atoms with Gasteiger partial charge in [0.25, 0.3) is 0 Å². The van der Waals surface area contributed by atoms with E-state index in [0.29, 0.717) is 29.9 Å². The van der Waals surface area contributed by atoms with Crippen LogP contribution in [0.1, 0.15) is 32.1 Å². The van der Waals surface area contributed by atoms with Gasteiger partial charge in [-0.3, -0.25) is 4.79 Å². The summed E-state index contributed by atoms with van der Waals surface area (Å²) in [4.78, 5) is 11.6. The van der Waals surface area contributed by atoms with Crippen molar-refractivity contribution >= 4 is 23.4 Å². The Hall–Kier alpha value is -2.16.